The van der Waals surface area contributed by atoms with Crippen molar-refractivity contribution in [1.82, 2.24) is 25.0 Å². The smallest absolute Gasteiger partial charge is 0.422 e. The lowest BCUT2D eigenvalue weighted by molar-refractivity contribution is -0.154. The number of nitrogens with zero attached hydrogens (tertiary/aromatic N) is 5. The normalized spacial score (nSPS) is 18.0. The van der Waals surface area contributed by atoms with Crippen molar-refractivity contribution in [3.8, 4) is 5.88 Å². The quantitative estimate of drug-likeness (QED) is 0.597. The van der Waals surface area contributed by atoms with Crippen LogP contribution in [-0.2, 0) is 18.3 Å². The second-order valence-corrected chi connectivity index (χ2v) is 6.56. The maximum Gasteiger partial charge on any atom is 0.422 e. The number of hydrogen-bond acceptors (Lipinski definition) is 5. The second kappa shape index (κ2) is 9.12. The number of rotatable bonds is 5. The highest BCUT2D eigenvalue weighted by Crippen LogP contribution is 2.22. The molecule has 1 unspecified atom stereocenters. The van der Waals surface area contributed by atoms with Gasteiger partial charge in [0.2, 0.25) is 5.88 Å². The molecule has 1 fully saturated rings. The van der Waals surface area contributed by atoms with Gasteiger partial charge in [-0.3, -0.25) is 9.67 Å². The third-order valence-corrected chi connectivity index (χ3v) is 4.31. The van der Waals surface area contributed by atoms with E-state index in [1.54, 1.807) is 24.0 Å². The number of aryl methyl sites for hydroxylation is 1. The molecule has 2 aromatic heterocycles. The molecule has 1 N–H and O–H groups in total. The standard InChI is InChI=1S/C18H23F3N6O2/c1-22-17(27-5-6-28-15(11-27)14-9-25-26(2)10-14)24-8-13-3-4-16(23-7-13)29-12-18(19,20)21/h3-4,7,9-10,15H,5-6,8,11-12H2,1-2H3,(H,22,24). The average molecular weight is 412 g/mol. The fourth-order valence-electron chi connectivity index (χ4n) is 2.92. The van der Waals surface area contributed by atoms with E-state index in [4.69, 9.17) is 4.74 Å². The van der Waals surface area contributed by atoms with E-state index >= 15 is 0 Å². The molecule has 0 saturated carbocycles. The maximum atomic E-state index is 12.2. The molecule has 158 valence electrons. The summed E-state index contributed by atoms with van der Waals surface area (Å²) < 4.78 is 48.8. The van der Waals surface area contributed by atoms with E-state index in [2.05, 4.69) is 30.0 Å². The number of aliphatic imine (C=N–C) groups is 1. The van der Waals surface area contributed by atoms with Crippen LogP contribution < -0.4 is 10.1 Å². The summed E-state index contributed by atoms with van der Waals surface area (Å²) in [5, 5.41) is 7.43. The Kier molecular flexibility index (Phi) is 6.57. The molecule has 8 nitrogen and oxygen atoms in total. The van der Waals surface area contributed by atoms with Gasteiger partial charge in [0.05, 0.1) is 19.3 Å². The summed E-state index contributed by atoms with van der Waals surface area (Å²) in [6, 6.07) is 3.08. The van der Waals surface area contributed by atoms with Gasteiger partial charge in [0.25, 0.3) is 0 Å². The Morgan fingerprint density at radius 3 is 2.83 bits per heavy atom. The molecule has 0 bridgehead atoms. The molecule has 0 amide bonds. The van der Waals surface area contributed by atoms with Gasteiger partial charge in [-0.1, -0.05) is 6.07 Å². The van der Waals surface area contributed by atoms with Crippen LogP contribution in [0.2, 0.25) is 0 Å². The van der Waals surface area contributed by atoms with E-state index in [0.29, 0.717) is 32.2 Å². The first-order valence-electron chi connectivity index (χ1n) is 9.04. The molecule has 1 aliphatic heterocycles. The Labute approximate surface area is 166 Å². The van der Waals surface area contributed by atoms with Crippen LogP contribution in [0, 0.1) is 0 Å². The van der Waals surface area contributed by atoms with Crippen molar-refractivity contribution in [3.63, 3.8) is 0 Å². The van der Waals surface area contributed by atoms with Crippen LogP contribution in [0.3, 0.4) is 0 Å². The van der Waals surface area contributed by atoms with Crippen LogP contribution in [0.15, 0.2) is 35.7 Å². The number of alkyl halides is 3. The van der Waals surface area contributed by atoms with Crippen molar-refractivity contribution >= 4 is 5.96 Å². The fraction of sp³-hybridized carbons (Fsp3) is 0.500. The Hall–Kier alpha value is -2.82. The Balaban J connectivity index is 1.53. The van der Waals surface area contributed by atoms with Crippen molar-refractivity contribution in [2.75, 3.05) is 33.4 Å². The lowest BCUT2D eigenvalue weighted by Crippen LogP contribution is -2.47. The van der Waals surface area contributed by atoms with Gasteiger partial charge in [0.1, 0.15) is 6.10 Å². The molecule has 3 heterocycles. The van der Waals surface area contributed by atoms with Crippen LogP contribution in [0.4, 0.5) is 13.2 Å². The number of hydrogen-bond donors (Lipinski definition) is 1. The topological polar surface area (TPSA) is 76.8 Å². The van der Waals surface area contributed by atoms with E-state index in [-0.39, 0.29) is 12.0 Å². The number of guanidine groups is 1. The third kappa shape index (κ3) is 6.08. The number of morpholine rings is 1. The minimum atomic E-state index is -4.39. The first-order chi connectivity index (χ1) is 13.8. The largest absolute Gasteiger partial charge is 0.468 e. The monoisotopic (exact) mass is 412 g/mol. The van der Waals surface area contributed by atoms with Crippen LogP contribution in [0.25, 0.3) is 0 Å². The van der Waals surface area contributed by atoms with Gasteiger partial charge in [-0.25, -0.2) is 4.98 Å². The average Bonchev–Trinajstić information content (AvgIpc) is 3.14. The van der Waals surface area contributed by atoms with Gasteiger partial charge in [0.15, 0.2) is 12.6 Å². The minimum absolute atomic E-state index is 0.0667. The first-order valence-corrected chi connectivity index (χ1v) is 9.04. The van der Waals surface area contributed by atoms with E-state index in [0.717, 1.165) is 11.1 Å². The molecule has 3 rings (SSSR count). The van der Waals surface area contributed by atoms with E-state index in [9.17, 15) is 13.2 Å². The highest BCUT2D eigenvalue weighted by atomic mass is 19.4. The minimum Gasteiger partial charge on any atom is -0.468 e. The molecule has 1 aliphatic rings. The molecule has 1 saturated heterocycles. The zero-order valence-electron chi connectivity index (χ0n) is 16.2. The summed E-state index contributed by atoms with van der Waals surface area (Å²) in [7, 11) is 3.56. The van der Waals surface area contributed by atoms with E-state index in [1.165, 1.54) is 12.3 Å². The van der Waals surface area contributed by atoms with Crippen molar-refractivity contribution in [3.05, 3.63) is 41.9 Å². The summed E-state index contributed by atoms with van der Waals surface area (Å²) in [5.74, 6) is 0.641. The van der Waals surface area contributed by atoms with Crippen molar-refractivity contribution in [1.29, 1.82) is 0 Å². The predicted molar refractivity (Wildman–Crippen MR) is 99.5 cm³/mol. The summed E-state index contributed by atoms with van der Waals surface area (Å²) >= 11 is 0. The van der Waals surface area contributed by atoms with E-state index in [1.807, 2.05) is 13.2 Å². The molecule has 1 atom stereocenters. The summed E-state index contributed by atoms with van der Waals surface area (Å²) in [5.41, 5.74) is 1.80. The van der Waals surface area contributed by atoms with Crippen molar-refractivity contribution in [2.45, 2.75) is 18.8 Å². The van der Waals surface area contributed by atoms with Gasteiger partial charge in [-0.2, -0.15) is 18.3 Å². The molecule has 0 aromatic carbocycles. The number of nitrogens with one attached hydrogen (secondary N) is 1. The Bertz CT molecular complexity index is 822. The Morgan fingerprint density at radius 1 is 1.38 bits per heavy atom. The third-order valence-electron chi connectivity index (χ3n) is 4.31. The van der Waals surface area contributed by atoms with Crippen LogP contribution in [0.1, 0.15) is 17.2 Å². The lowest BCUT2D eigenvalue weighted by Gasteiger charge is -2.34. The molecule has 29 heavy (non-hydrogen) atoms. The molecule has 0 aliphatic carbocycles. The first kappa shape index (κ1) is 20.9. The summed E-state index contributed by atoms with van der Waals surface area (Å²) in [6.07, 6.45) is 0.712. The number of ether oxygens (including phenoxy) is 2. The van der Waals surface area contributed by atoms with Crippen LogP contribution in [-0.4, -0.2) is 65.2 Å². The van der Waals surface area contributed by atoms with Gasteiger partial charge < -0.3 is 19.7 Å². The number of pyridine rings is 1. The molecule has 0 spiro atoms. The fourth-order valence-corrected chi connectivity index (χ4v) is 2.92. The van der Waals surface area contributed by atoms with Gasteiger partial charge >= 0.3 is 6.18 Å². The Morgan fingerprint density at radius 2 is 2.21 bits per heavy atom. The molecule has 2 aromatic rings. The SMILES string of the molecule is CN=C(NCc1ccc(OCC(F)(F)F)nc1)N1CCOC(c2cnn(C)c2)C1. The second-order valence-electron chi connectivity index (χ2n) is 6.56. The summed E-state index contributed by atoms with van der Waals surface area (Å²) in [4.78, 5) is 10.3. The van der Waals surface area contributed by atoms with Crippen molar-refractivity contribution < 1.29 is 22.6 Å². The summed E-state index contributed by atoms with van der Waals surface area (Å²) in [6.45, 7) is 0.952. The van der Waals surface area contributed by atoms with E-state index < -0.39 is 12.8 Å². The van der Waals surface area contributed by atoms with Gasteiger partial charge in [-0.05, 0) is 5.56 Å². The molecule has 11 heteroatoms. The highest BCUT2D eigenvalue weighted by molar-refractivity contribution is 5.80. The molecular formula is C18H23F3N6O2. The maximum absolute atomic E-state index is 12.2. The molecular weight excluding hydrogens is 389 g/mol. The predicted octanol–water partition coefficient (Wildman–Crippen LogP) is 1.91. The number of halogens is 3. The zero-order valence-corrected chi connectivity index (χ0v) is 16.2. The van der Waals surface area contributed by atoms with Gasteiger partial charge in [0, 0.05) is 51.2 Å². The van der Waals surface area contributed by atoms with Gasteiger partial charge in [-0.15, -0.1) is 0 Å². The molecule has 0 radical (unpaired) electrons. The van der Waals surface area contributed by atoms with Crippen LogP contribution in [0.5, 0.6) is 5.88 Å². The lowest BCUT2D eigenvalue weighted by atomic mass is 10.1. The van der Waals surface area contributed by atoms with Crippen LogP contribution >= 0.6 is 0 Å². The number of aromatic nitrogens is 3. The van der Waals surface area contributed by atoms with Crippen molar-refractivity contribution in [2.24, 2.45) is 12.0 Å². The highest BCUT2D eigenvalue weighted by Gasteiger charge is 2.28. The zero-order chi connectivity index (χ0) is 20.9.